The van der Waals surface area contributed by atoms with Gasteiger partial charge in [-0.3, -0.25) is 14.4 Å². The molecule has 0 saturated carbocycles. The number of carbonyl (C=O) groups excluding carboxylic acids is 3. The van der Waals surface area contributed by atoms with Crippen LogP contribution in [0.3, 0.4) is 0 Å². The van der Waals surface area contributed by atoms with Crippen molar-refractivity contribution in [2.75, 3.05) is 24.7 Å². The van der Waals surface area contributed by atoms with Gasteiger partial charge in [0.25, 0.3) is 5.91 Å². The average molecular weight is 571 g/mol. The van der Waals surface area contributed by atoms with E-state index in [4.69, 9.17) is 4.74 Å². The second-order valence-electron chi connectivity index (χ2n) is 10.9. The maximum atomic E-state index is 14.9. The first-order chi connectivity index (χ1) is 19.9. The summed E-state index contributed by atoms with van der Waals surface area (Å²) in [5.41, 5.74) is 1.45. The van der Waals surface area contributed by atoms with E-state index in [1.165, 1.54) is 0 Å². The molecule has 3 aromatic rings. The molecule has 0 aromatic heterocycles. The Morgan fingerprint density at radius 2 is 1.88 bits per heavy atom. The minimum atomic E-state index is -0.877. The van der Waals surface area contributed by atoms with E-state index in [0.29, 0.717) is 12.1 Å². The van der Waals surface area contributed by atoms with Crippen molar-refractivity contribution in [1.29, 1.82) is 0 Å². The Morgan fingerprint density at radius 1 is 1.15 bits per heavy atom. The Kier molecular flexibility index (Phi) is 7.38. The SMILES string of the molecule is C=CCN(C(=O)C1N([C@H](CO)c2ccccc2)C(=O)[C@@H]2[C@H](C(=O)OCC)[C@@H]3CCC12S3)c1ccc2ccccc2c1. The lowest BCUT2D eigenvalue weighted by Gasteiger charge is -2.39. The third-order valence-corrected chi connectivity index (χ3v) is 10.8. The summed E-state index contributed by atoms with van der Waals surface area (Å²) in [6, 6.07) is 21.5. The first-order valence-corrected chi connectivity index (χ1v) is 15.1. The molecule has 3 aliphatic heterocycles. The molecule has 3 aliphatic rings. The smallest absolute Gasteiger partial charge is 0.310 e. The number of aliphatic hydroxyl groups excluding tert-OH is 1. The molecule has 2 amide bonds. The van der Waals surface area contributed by atoms with E-state index in [-0.39, 0.29) is 42.8 Å². The number of ether oxygens (including phenoxy) is 1. The van der Waals surface area contributed by atoms with Crippen LogP contribution in [0.15, 0.2) is 85.5 Å². The fourth-order valence-corrected chi connectivity index (χ4v) is 9.37. The standard InChI is InChI=1S/C33H34N2O5S/c1-3-18-34(24-15-14-21-10-8-9-13-23(21)19-24)31(38)29-33-17-16-26(41-33)27(32(39)40-4-2)28(33)30(37)35(29)25(20-36)22-11-6-5-7-12-22/h3,5-15,19,25-29,36H,1,4,16-18,20H2,2H3/t25-,26+,27-,28+,29?,33?/m1/s1. The van der Waals surface area contributed by atoms with Crippen molar-refractivity contribution >= 4 is 46.0 Å². The van der Waals surface area contributed by atoms with Crippen LogP contribution in [0.5, 0.6) is 0 Å². The summed E-state index contributed by atoms with van der Waals surface area (Å²) >= 11 is 1.59. The Labute approximate surface area is 244 Å². The summed E-state index contributed by atoms with van der Waals surface area (Å²) < 4.78 is 4.65. The van der Waals surface area contributed by atoms with Crippen molar-refractivity contribution in [1.82, 2.24) is 4.90 Å². The normalized spacial score (nSPS) is 27.1. The number of nitrogens with zero attached hydrogens (tertiary/aromatic N) is 2. The van der Waals surface area contributed by atoms with Gasteiger partial charge in [0.2, 0.25) is 5.91 Å². The van der Waals surface area contributed by atoms with Gasteiger partial charge in [-0.25, -0.2) is 0 Å². The predicted molar refractivity (Wildman–Crippen MR) is 160 cm³/mol. The molecule has 6 atom stereocenters. The van der Waals surface area contributed by atoms with Gasteiger partial charge in [-0.15, -0.1) is 18.3 Å². The molecule has 1 N–H and O–H groups in total. The number of amides is 2. The second kappa shape index (κ2) is 11.0. The molecule has 6 rings (SSSR count). The first kappa shape index (κ1) is 27.5. The molecule has 3 aromatic carbocycles. The number of likely N-dealkylation sites (tertiary alicyclic amines) is 1. The molecule has 8 heteroatoms. The summed E-state index contributed by atoms with van der Waals surface area (Å²) in [5.74, 6) is -2.20. The molecular formula is C33H34N2O5S. The van der Waals surface area contributed by atoms with Crippen LogP contribution >= 0.6 is 11.8 Å². The number of hydrogen-bond acceptors (Lipinski definition) is 6. The topological polar surface area (TPSA) is 87.2 Å². The third-order valence-electron chi connectivity index (χ3n) is 8.85. The highest BCUT2D eigenvalue weighted by Gasteiger charge is 2.75. The van der Waals surface area contributed by atoms with Crippen LogP contribution in [0, 0.1) is 11.8 Å². The maximum absolute atomic E-state index is 14.9. The van der Waals surface area contributed by atoms with Crippen LogP contribution in [-0.4, -0.2) is 63.6 Å². The van der Waals surface area contributed by atoms with Crippen molar-refractivity contribution in [3.05, 3.63) is 91.0 Å². The lowest BCUT2D eigenvalue weighted by Crippen LogP contribution is -2.56. The van der Waals surface area contributed by atoms with Gasteiger partial charge in [-0.2, -0.15) is 0 Å². The predicted octanol–water partition coefficient (Wildman–Crippen LogP) is 4.75. The van der Waals surface area contributed by atoms with Gasteiger partial charge < -0.3 is 19.6 Å². The fourth-order valence-electron chi connectivity index (χ4n) is 7.19. The van der Waals surface area contributed by atoms with Crippen molar-refractivity contribution in [3.63, 3.8) is 0 Å². The molecule has 3 saturated heterocycles. The van der Waals surface area contributed by atoms with E-state index in [2.05, 4.69) is 6.58 Å². The van der Waals surface area contributed by atoms with Gasteiger partial charge in [-0.1, -0.05) is 66.7 Å². The van der Waals surface area contributed by atoms with Crippen LogP contribution in [-0.2, 0) is 19.1 Å². The number of anilines is 1. The van der Waals surface area contributed by atoms with E-state index in [1.807, 2.05) is 72.8 Å². The number of thioether (sulfide) groups is 1. The summed E-state index contributed by atoms with van der Waals surface area (Å²) in [6.07, 6.45) is 3.04. The molecule has 1 spiro atoms. The van der Waals surface area contributed by atoms with E-state index >= 15 is 0 Å². The number of esters is 1. The van der Waals surface area contributed by atoms with Gasteiger partial charge in [0, 0.05) is 17.5 Å². The Morgan fingerprint density at radius 3 is 2.59 bits per heavy atom. The lowest BCUT2D eigenvalue weighted by atomic mass is 9.71. The molecule has 7 nitrogen and oxygen atoms in total. The number of carbonyl (C=O) groups is 3. The molecule has 0 radical (unpaired) electrons. The number of fused-ring (bicyclic) bond motifs is 2. The van der Waals surface area contributed by atoms with Gasteiger partial charge in [-0.05, 0) is 48.2 Å². The Hall–Kier alpha value is -3.62. The van der Waals surface area contributed by atoms with Gasteiger partial charge in [0.1, 0.15) is 6.04 Å². The zero-order valence-corrected chi connectivity index (χ0v) is 23.8. The summed E-state index contributed by atoms with van der Waals surface area (Å²) in [7, 11) is 0. The second-order valence-corrected chi connectivity index (χ2v) is 12.5. The maximum Gasteiger partial charge on any atom is 0.310 e. The summed E-state index contributed by atoms with van der Waals surface area (Å²) in [6.45, 7) is 5.81. The van der Waals surface area contributed by atoms with Gasteiger partial charge in [0.05, 0.1) is 35.8 Å². The third kappa shape index (κ3) is 4.35. The molecule has 3 fully saturated rings. The van der Waals surface area contributed by atoms with Crippen molar-refractivity contribution in [3.8, 4) is 0 Å². The summed E-state index contributed by atoms with van der Waals surface area (Å²) in [4.78, 5) is 45.9. The molecule has 0 aliphatic carbocycles. The Bertz CT molecular complexity index is 1500. The van der Waals surface area contributed by atoms with Crippen LogP contribution in [0.4, 0.5) is 5.69 Å². The zero-order chi connectivity index (χ0) is 28.7. The number of benzene rings is 3. The van der Waals surface area contributed by atoms with Crippen molar-refractivity contribution in [2.45, 2.75) is 41.8 Å². The minimum Gasteiger partial charge on any atom is -0.466 e. The number of aliphatic hydroxyl groups is 1. The molecule has 2 unspecified atom stereocenters. The van der Waals surface area contributed by atoms with Crippen LogP contribution in [0.1, 0.15) is 31.4 Å². The average Bonchev–Trinajstić information content (AvgIpc) is 3.64. The highest BCUT2D eigenvalue weighted by molar-refractivity contribution is 8.02. The van der Waals surface area contributed by atoms with E-state index < -0.39 is 28.7 Å². The van der Waals surface area contributed by atoms with Crippen molar-refractivity contribution < 1.29 is 24.2 Å². The highest BCUT2D eigenvalue weighted by atomic mass is 32.2. The first-order valence-electron chi connectivity index (χ1n) is 14.2. The van der Waals surface area contributed by atoms with Crippen LogP contribution < -0.4 is 4.90 Å². The number of hydrogen-bond donors (Lipinski definition) is 1. The Balaban J connectivity index is 1.48. The van der Waals surface area contributed by atoms with Gasteiger partial charge in [0.15, 0.2) is 0 Å². The lowest BCUT2D eigenvalue weighted by molar-refractivity contribution is -0.154. The molecule has 41 heavy (non-hydrogen) atoms. The summed E-state index contributed by atoms with van der Waals surface area (Å²) in [5, 5.41) is 12.7. The largest absolute Gasteiger partial charge is 0.466 e. The monoisotopic (exact) mass is 570 g/mol. The quantitative estimate of drug-likeness (QED) is 0.295. The van der Waals surface area contributed by atoms with E-state index in [0.717, 1.165) is 22.8 Å². The fraction of sp³-hybridized carbons (Fsp3) is 0.364. The minimum absolute atomic E-state index is 0.0849. The van der Waals surface area contributed by atoms with Crippen molar-refractivity contribution in [2.24, 2.45) is 11.8 Å². The number of rotatable bonds is 9. The molecule has 3 heterocycles. The zero-order valence-electron chi connectivity index (χ0n) is 23.0. The van der Waals surface area contributed by atoms with Crippen LogP contribution in [0.2, 0.25) is 0 Å². The van der Waals surface area contributed by atoms with Gasteiger partial charge >= 0.3 is 5.97 Å². The highest BCUT2D eigenvalue weighted by Crippen LogP contribution is 2.67. The van der Waals surface area contributed by atoms with Crippen LogP contribution in [0.25, 0.3) is 10.8 Å². The molecule has 2 bridgehead atoms. The molecule has 212 valence electrons. The van der Waals surface area contributed by atoms with E-state index in [9.17, 15) is 19.5 Å². The van der Waals surface area contributed by atoms with E-state index in [1.54, 1.807) is 34.6 Å². The molecular weight excluding hydrogens is 536 g/mol.